The number of aromatic amines is 1. The fraction of sp³-hybridized carbons (Fsp3) is 0.459. The van der Waals surface area contributed by atoms with Gasteiger partial charge in [0.25, 0.3) is 0 Å². The van der Waals surface area contributed by atoms with E-state index in [1.54, 1.807) is 15.4 Å². The van der Waals surface area contributed by atoms with Crippen LogP contribution in [0.25, 0.3) is 11.2 Å². The van der Waals surface area contributed by atoms with Crippen molar-refractivity contribution in [2.75, 3.05) is 32.0 Å². The molecule has 1 aliphatic heterocycles. The number of ether oxygens (including phenoxy) is 1. The lowest BCUT2D eigenvalue weighted by molar-refractivity contribution is -0.122. The number of piperidine rings is 1. The number of amides is 1. The molecule has 8 N–H and O–H groups in total. The minimum Gasteiger partial charge on any atom is -0.463 e. The third-order valence-electron chi connectivity index (χ3n) is 9.67. The standard InChI is InChI=1S/C37H50N12O4/c1-2-3-18-52-36-43-33(39)32-34(44-36)49(37(51)42-32)22-29-10-8-27(9-11-29)20-47-16-13-25(14-17-47)12-15-41-35(50)31(38)19-26-4-6-28(7-5-26)21-48-23-30(24-53-40)45-46-48/h4-11,23,25,31H,2-3,12-22,24,38,40H2,1H3,(H,41,50)(H,42,51)(H2,39,43,44)/t31-/m0/s1. The zero-order chi connectivity index (χ0) is 37.2. The first kappa shape index (κ1) is 37.6. The fourth-order valence-electron chi connectivity index (χ4n) is 6.59. The van der Waals surface area contributed by atoms with Crippen molar-refractivity contribution in [3.05, 3.63) is 93.2 Å². The van der Waals surface area contributed by atoms with Crippen LogP contribution in [0, 0.1) is 5.92 Å². The Hall–Kier alpha value is -5.16. The summed E-state index contributed by atoms with van der Waals surface area (Å²) < 4.78 is 8.94. The van der Waals surface area contributed by atoms with E-state index in [2.05, 4.69) is 71.5 Å². The van der Waals surface area contributed by atoms with Crippen LogP contribution < -0.4 is 33.1 Å². The predicted octanol–water partition coefficient (Wildman–Crippen LogP) is 2.25. The van der Waals surface area contributed by atoms with Crippen LogP contribution in [0.4, 0.5) is 5.82 Å². The van der Waals surface area contributed by atoms with Crippen molar-refractivity contribution < 1.29 is 14.4 Å². The molecule has 53 heavy (non-hydrogen) atoms. The molecule has 0 aliphatic carbocycles. The average molecular weight is 727 g/mol. The lowest BCUT2D eigenvalue weighted by Gasteiger charge is -2.32. The molecule has 0 spiro atoms. The monoisotopic (exact) mass is 726 g/mol. The summed E-state index contributed by atoms with van der Waals surface area (Å²) >= 11 is 0. The van der Waals surface area contributed by atoms with Gasteiger partial charge in [0.1, 0.15) is 17.8 Å². The minimum atomic E-state index is -0.609. The summed E-state index contributed by atoms with van der Waals surface area (Å²) in [5, 5.41) is 11.1. The molecule has 5 aromatic rings. The zero-order valence-corrected chi connectivity index (χ0v) is 30.2. The zero-order valence-electron chi connectivity index (χ0n) is 30.2. The van der Waals surface area contributed by atoms with Crippen LogP contribution in [-0.2, 0) is 42.3 Å². The number of carbonyl (C=O) groups is 1. The second-order valence-electron chi connectivity index (χ2n) is 13.8. The predicted molar refractivity (Wildman–Crippen MR) is 200 cm³/mol. The molecule has 0 saturated carbocycles. The Morgan fingerprint density at radius 2 is 1.68 bits per heavy atom. The van der Waals surface area contributed by atoms with E-state index in [0.29, 0.717) is 55.4 Å². The molecular formula is C37H50N12O4. The van der Waals surface area contributed by atoms with Gasteiger partial charge in [0, 0.05) is 13.1 Å². The summed E-state index contributed by atoms with van der Waals surface area (Å²) in [6.07, 6.45) is 7.23. The van der Waals surface area contributed by atoms with E-state index in [1.165, 1.54) is 5.56 Å². The third kappa shape index (κ3) is 10.3. The summed E-state index contributed by atoms with van der Waals surface area (Å²) in [5.41, 5.74) is 17.8. The molecule has 3 aromatic heterocycles. The number of anilines is 1. The topological polar surface area (TPSA) is 223 Å². The van der Waals surface area contributed by atoms with Gasteiger partial charge in [-0.15, -0.1) is 5.10 Å². The van der Waals surface area contributed by atoms with Crippen molar-refractivity contribution in [3.8, 4) is 6.01 Å². The van der Waals surface area contributed by atoms with E-state index >= 15 is 0 Å². The van der Waals surface area contributed by atoms with E-state index in [0.717, 1.165) is 68.4 Å². The van der Waals surface area contributed by atoms with Crippen molar-refractivity contribution in [2.45, 2.75) is 77.7 Å². The second kappa shape index (κ2) is 18.1. The van der Waals surface area contributed by atoms with Gasteiger partial charge in [0.2, 0.25) is 5.91 Å². The summed E-state index contributed by atoms with van der Waals surface area (Å²) in [7, 11) is 0. The van der Waals surface area contributed by atoms with Gasteiger partial charge in [-0.25, -0.2) is 15.4 Å². The second-order valence-corrected chi connectivity index (χ2v) is 13.8. The van der Waals surface area contributed by atoms with Crippen molar-refractivity contribution >= 4 is 22.9 Å². The highest BCUT2D eigenvalue weighted by molar-refractivity contribution is 5.82. The Balaban J connectivity index is 0.897. The van der Waals surface area contributed by atoms with Gasteiger partial charge in [0.05, 0.1) is 31.9 Å². The molecule has 16 heteroatoms. The number of nitrogen functional groups attached to an aromatic ring is 1. The van der Waals surface area contributed by atoms with E-state index in [1.807, 2.05) is 24.3 Å². The fourth-order valence-corrected chi connectivity index (χ4v) is 6.59. The highest BCUT2D eigenvalue weighted by Gasteiger charge is 2.21. The van der Waals surface area contributed by atoms with Crippen LogP contribution in [0.3, 0.4) is 0 Å². The van der Waals surface area contributed by atoms with Gasteiger partial charge in [0.15, 0.2) is 11.5 Å². The number of imidazole rings is 1. The molecular weight excluding hydrogens is 676 g/mol. The Labute approximate surface area is 308 Å². The quantitative estimate of drug-likeness (QED) is 0.0648. The van der Waals surface area contributed by atoms with Crippen molar-refractivity contribution in [1.29, 1.82) is 0 Å². The van der Waals surface area contributed by atoms with Crippen molar-refractivity contribution in [2.24, 2.45) is 17.5 Å². The highest BCUT2D eigenvalue weighted by Crippen LogP contribution is 2.23. The highest BCUT2D eigenvalue weighted by atomic mass is 16.6. The molecule has 4 heterocycles. The maximum absolute atomic E-state index is 12.8. The number of nitrogens with two attached hydrogens (primary N) is 3. The molecule has 1 aliphatic rings. The number of benzene rings is 2. The number of hydrogen-bond donors (Lipinski definition) is 5. The lowest BCUT2D eigenvalue weighted by Crippen LogP contribution is -2.43. The molecule has 1 fully saturated rings. The number of aromatic nitrogens is 7. The smallest absolute Gasteiger partial charge is 0.328 e. The first-order valence-corrected chi connectivity index (χ1v) is 18.3. The summed E-state index contributed by atoms with van der Waals surface area (Å²) in [4.78, 5) is 44.0. The maximum Gasteiger partial charge on any atom is 0.328 e. The Bertz CT molecular complexity index is 1980. The summed E-state index contributed by atoms with van der Waals surface area (Å²) in [6.45, 7) is 7.19. The first-order chi connectivity index (χ1) is 25.8. The van der Waals surface area contributed by atoms with Crippen molar-refractivity contribution in [1.82, 2.24) is 44.7 Å². The summed E-state index contributed by atoms with van der Waals surface area (Å²) in [5.74, 6) is 5.73. The molecule has 1 saturated heterocycles. The number of unbranched alkanes of at least 4 members (excludes halogenated alkanes) is 1. The van der Waals surface area contributed by atoms with Crippen LogP contribution in [0.5, 0.6) is 6.01 Å². The first-order valence-electron chi connectivity index (χ1n) is 18.3. The largest absolute Gasteiger partial charge is 0.463 e. The van der Waals surface area contributed by atoms with Crippen LogP contribution in [0.1, 0.15) is 67.0 Å². The number of rotatable bonds is 18. The molecule has 0 radical (unpaired) electrons. The molecule has 0 bridgehead atoms. The van der Waals surface area contributed by atoms with E-state index in [4.69, 9.17) is 22.1 Å². The van der Waals surface area contributed by atoms with Gasteiger partial charge in [-0.05, 0) is 73.4 Å². The van der Waals surface area contributed by atoms with Crippen LogP contribution in [0.2, 0.25) is 0 Å². The molecule has 2 aromatic carbocycles. The van der Waals surface area contributed by atoms with Gasteiger partial charge < -0.3 is 26.5 Å². The number of H-pyrrole nitrogens is 1. The molecule has 16 nitrogen and oxygen atoms in total. The Morgan fingerprint density at radius 1 is 1.00 bits per heavy atom. The van der Waals surface area contributed by atoms with Gasteiger partial charge in [-0.2, -0.15) is 9.97 Å². The molecule has 1 amide bonds. The molecule has 6 rings (SSSR count). The Kier molecular flexibility index (Phi) is 12.8. The van der Waals surface area contributed by atoms with Crippen LogP contribution in [-0.4, -0.2) is 77.6 Å². The number of nitrogens with zero attached hydrogens (tertiary/aromatic N) is 7. The van der Waals surface area contributed by atoms with Crippen LogP contribution >= 0.6 is 0 Å². The molecule has 282 valence electrons. The van der Waals surface area contributed by atoms with Gasteiger partial charge >= 0.3 is 11.7 Å². The SMILES string of the molecule is CCCCOc1nc(N)c2[nH]c(=O)n(Cc3ccc(CN4CCC(CCNC(=O)[C@@H](N)Cc5ccc(Cn6cc(CON)nn6)cc5)CC4)cc3)c2n1. The minimum absolute atomic E-state index is 0.125. The maximum atomic E-state index is 12.8. The number of hydrogen-bond acceptors (Lipinski definition) is 12. The van der Waals surface area contributed by atoms with Crippen LogP contribution in [0.15, 0.2) is 59.5 Å². The lowest BCUT2D eigenvalue weighted by atomic mass is 9.93. The number of fused-ring (bicyclic) bond motifs is 1. The number of carbonyl (C=O) groups excluding carboxylic acids is 1. The van der Waals surface area contributed by atoms with Crippen molar-refractivity contribution in [3.63, 3.8) is 0 Å². The number of likely N-dealkylation sites (tertiary alicyclic amines) is 1. The normalized spacial score (nSPS) is 14.5. The van der Waals surface area contributed by atoms with Gasteiger partial charge in [-0.1, -0.05) is 67.1 Å². The summed E-state index contributed by atoms with van der Waals surface area (Å²) in [6, 6.07) is 15.9. The van der Waals surface area contributed by atoms with E-state index in [9.17, 15) is 9.59 Å². The molecule has 1 atom stereocenters. The third-order valence-corrected chi connectivity index (χ3v) is 9.67. The number of nitrogens with one attached hydrogen (secondary N) is 2. The van der Waals surface area contributed by atoms with Gasteiger partial charge in [-0.3, -0.25) is 19.1 Å². The van der Waals surface area contributed by atoms with E-state index in [-0.39, 0.29) is 30.0 Å². The van der Waals surface area contributed by atoms with E-state index < -0.39 is 6.04 Å². The average Bonchev–Trinajstić information content (AvgIpc) is 3.73. The molecule has 0 unspecified atom stereocenters. The Morgan fingerprint density at radius 3 is 2.38 bits per heavy atom.